The minimum absolute atomic E-state index is 0.0297. The van der Waals surface area contributed by atoms with Crippen molar-refractivity contribution in [1.29, 1.82) is 0 Å². The van der Waals surface area contributed by atoms with Gasteiger partial charge < -0.3 is 9.47 Å². The van der Waals surface area contributed by atoms with Gasteiger partial charge in [-0.1, -0.05) is 24.3 Å². The minimum atomic E-state index is -3.78. The topological polar surface area (TPSA) is 18.5 Å². The molecule has 0 fully saturated rings. The first-order chi connectivity index (χ1) is 19.6. The van der Waals surface area contributed by atoms with Crippen LogP contribution in [-0.2, 0) is 6.11 Å². The van der Waals surface area contributed by atoms with E-state index in [0.29, 0.717) is 34.6 Å². The average Bonchev–Trinajstić information content (AvgIpc) is 3.36. The van der Waals surface area contributed by atoms with E-state index >= 15 is 8.78 Å². The van der Waals surface area contributed by atoms with Crippen molar-refractivity contribution in [3.05, 3.63) is 119 Å². The lowest BCUT2D eigenvalue weighted by molar-refractivity contribution is -0.182. The van der Waals surface area contributed by atoms with Crippen molar-refractivity contribution in [3.63, 3.8) is 0 Å². The van der Waals surface area contributed by atoms with Gasteiger partial charge in [-0.25, -0.2) is 22.0 Å². The van der Waals surface area contributed by atoms with Crippen molar-refractivity contribution >= 4 is 21.4 Å². The van der Waals surface area contributed by atoms with Crippen molar-refractivity contribution < 1.29 is 40.2 Å². The third-order valence-corrected chi connectivity index (χ3v) is 7.27. The van der Waals surface area contributed by atoms with Gasteiger partial charge in [-0.15, -0.1) is 11.3 Å². The number of ether oxygens (including phenoxy) is 2. The van der Waals surface area contributed by atoms with E-state index < -0.39 is 45.8 Å². The molecular formula is C31H19F7O2S. The Morgan fingerprint density at radius 3 is 2.02 bits per heavy atom. The molecule has 0 unspecified atom stereocenters. The molecule has 0 bridgehead atoms. The molecular weight excluding hydrogens is 569 g/mol. The maximum Gasteiger partial charge on any atom is 0.436 e. The highest BCUT2D eigenvalue weighted by Gasteiger charge is 2.37. The van der Waals surface area contributed by atoms with Gasteiger partial charge in [0.2, 0.25) is 0 Å². The third kappa shape index (κ3) is 5.92. The van der Waals surface area contributed by atoms with Gasteiger partial charge in [0.05, 0.1) is 0 Å². The first kappa shape index (κ1) is 28.2. The smallest absolute Gasteiger partial charge is 0.436 e. The fraction of sp³-hybridized carbons (Fsp3) is 0.0968. The number of allylic oxidation sites excluding steroid dienone is 1. The van der Waals surface area contributed by atoms with Gasteiger partial charge in [-0.05, 0) is 78.0 Å². The van der Waals surface area contributed by atoms with Crippen molar-refractivity contribution in [1.82, 2.24) is 0 Å². The Bertz CT molecular complexity index is 1760. The average molecular weight is 589 g/mol. The number of benzene rings is 4. The van der Waals surface area contributed by atoms with Gasteiger partial charge in [0.1, 0.15) is 34.6 Å². The van der Waals surface area contributed by atoms with Crippen LogP contribution < -0.4 is 9.47 Å². The second kappa shape index (κ2) is 11.3. The number of fused-ring (bicyclic) bond motifs is 1. The number of hydrogen-bond donors (Lipinski definition) is 0. The van der Waals surface area contributed by atoms with E-state index in [2.05, 4.69) is 0 Å². The summed E-state index contributed by atoms with van der Waals surface area (Å²) in [4.78, 5) is -0.395. The minimum Gasteiger partial charge on any atom is -0.489 e. The first-order valence-electron chi connectivity index (χ1n) is 12.1. The third-order valence-electron chi connectivity index (χ3n) is 6.12. The summed E-state index contributed by atoms with van der Waals surface area (Å²) in [6, 6.07) is 13.9. The van der Waals surface area contributed by atoms with Gasteiger partial charge in [0.15, 0.2) is 17.5 Å². The van der Waals surface area contributed by atoms with Crippen LogP contribution in [0.4, 0.5) is 30.7 Å². The van der Waals surface area contributed by atoms with Gasteiger partial charge in [0.25, 0.3) is 0 Å². The molecule has 41 heavy (non-hydrogen) atoms. The summed E-state index contributed by atoms with van der Waals surface area (Å²) in [5.74, 6) is -6.53. The molecule has 0 N–H and O–H groups in total. The summed E-state index contributed by atoms with van der Waals surface area (Å²) in [5.41, 5.74) is -0.598. The van der Waals surface area contributed by atoms with Crippen molar-refractivity contribution in [2.24, 2.45) is 0 Å². The molecule has 210 valence electrons. The van der Waals surface area contributed by atoms with Crippen LogP contribution in [0.25, 0.3) is 32.3 Å². The van der Waals surface area contributed by atoms with E-state index in [-0.39, 0.29) is 22.3 Å². The van der Waals surface area contributed by atoms with Crippen LogP contribution in [0.3, 0.4) is 0 Å². The Kier molecular flexibility index (Phi) is 7.77. The molecule has 0 aliphatic carbocycles. The summed E-state index contributed by atoms with van der Waals surface area (Å²) < 4.78 is 111. The molecule has 5 rings (SSSR count). The molecule has 1 aromatic heterocycles. The van der Waals surface area contributed by atoms with Gasteiger partial charge in [-0.2, -0.15) is 8.78 Å². The monoisotopic (exact) mass is 588 g/mol. The molecule has 1 heterocycles. The van der Waals surface area contributed by atoms with Crippen LogP contribution in [0.15, 0.2) is 84.9 Å². The Hall–Kier alpha value is -4.31. The molecule has 10 heteroatoms. The second-order valence-electron chi connectivity index (χ2n) is 8.90. The fourth-order valence-electron chi connectivity index (χ4n) is 4.10. The highest BCUT2D eigenvalue weighted by atomic mass is 32.1. The Balaban J connectivity index is 1.36. The van der Waals surface area contributed by atoms with Crippen molar-refractivity contribution in [2.45, 2.75) is 13.0 Å². The molecule has 0 aliphatic heterocycles. The normalized spacial score (nSPS) is 11.9. The molecule has 0 amide bonds. The Morgan fingerprint density at radius 1 is 0.707 bits per heavy atom. The van der Waals surface area contributed by atoms with Crippen LogP contribution in [0.1, 0.15) is 11.8 Å². The van der Waals surface area contributed by atoms with Gasteiger partial charge >= 0.3 is 6.11 Å². The Labute approximate surface area is 233 Å². The Morgan fingerprint density at radius 2 is 1.34 bits per heavy atom. The molecule has 0 saturated carbocycles. The largest absolute Gasteiger partial charge is 0.489 e. The molecule has 5 aromatic rings. The van der Waals surface area contributed by atoms with Crippen LogP contribution in [0.2, 0.25) is 0 Å². The lowest BCUT2D eigenvalue weighted by Crippen LogP contribution is -2.20. The number of alkyl halides is 2. The molecule has 0 aliphatic rings. The quantitative estimate of drug-likeness (QED) is 0.102. The summed E-state index contributed by atoms with van der Waals surface area (Å²) in [6.45, 7) is 2.19. The molecule has 0 atom stereocenters. The number of hydrogen-bond acceptors (Lipinski definition) is 3. The molecule has 0 radical (unpaired) electrons. The lowest BCUT2D eigenvalue weighted by atomic mass is 9.99. The van der Waals surface area contributed by atoms with Gasteiger partial charge in [-0.3, -0.25) is 0 Å². The molecule has 0 saturated heterocycles. The second-order valence-corrected chi connectivity index (χ2v) is 9.98. The zero-order valence-electron chi connectivity index (χ0n) is 21.2. The van der Waals surface area contributed by atoms with E-state index in [1.807, 2.05) is 13.0 Å². The summed E-state index contributed by atoms with van der Waals surface area (Å²) in [6.07, 6.45) is -0.150. The van der Waals surface area contributed by atoms with Gasteiger partial charge in [0, 0.05) is 21.9 Å². The SMILES string of the molecule is C/C=C/COc1ccc2cc(C(F)(F)Oc3ccc(-c4ccc(-c5cc(F)c(F)c(F)c5)c(F)c4)c(F)c3)sc2c1. The zero-order valence-corrected chi connectivity index (χ0v) is 22.0. The van der Waals surface area contributed by atoms with Crippen LogP contribution >= 0.6 is 11.3 Å². The number of thiophene rings is 1. The van der Waals surface area contributed by atoms with Crippen LogP contribution in [0, 0.1) is 29.1 Å². The zero-order chi connectivity index (χ0) is 29.3. The molecule has 0 spiro atoms. The molecule has 2 nitrogen and oxygen atoms in total. The summed E-state index contributed by atoms with van der Waals surface area (Å²) in [5, 5.41) is 0.560. The predicted molar refractivity (Wildman–Crippen MR) is 144 cm³/mol. The van der Waals surface area contributed by atoms with Crippen molar-refractivity contribution in [2.75, 3.05) is 6.61 Å². The number of rotatable bonds is 8. The van der Waals surface area contributed by atoms with Crippen LogP contribution in [-0.4, -0.2) is 6.61 Å². The maximum atomic E-state index is 15.0. The molecule has 4 aromatic carbocycles. The summed E-state index contributed by atoms with van der Waals surface area (Å²) in [7, 11) is 0. The highest BCUT2D eigenvalue weighted by Crippen LogP contribution is 2.40. The maximum absolute atomic E-state index is 15.0. The van der Waals surface area contributed by atoms with E-state index in [1.165, 1.54) is 12.1 Å². The first-order valence-corrected chi connectivity index (χ1v) is 13.0. The number of halogens is 7. The fourth-order valence-corrected chi connectivity index (χ4v) is 5.11. The van der Waals surface area contributed by atoms with E-state index in [1.54, 1.807) is 24.3 Å². The van der Waals surface area contributed by atoms with E-state index in [4.69, 9.17) is 9.47 Å². The van der Waals surface area contributed by atoms with E-state index in [0.717, 1.165) is 41.7 Å². The standard InChI is InChI=1S/C31H19F7O2S/c1-2-3-10-39-20-6-4-18-14-29(41-28(18)16-20)31(37,38)40-21-7-9-22(25(33)15-21)17-5-8-23(24(32)11-17)19-12-26(34)30(36)27(35)13-19/h2-9,11-16H,10H2,1H3/b3-2+. The van der Waals surface area contributed by atoms with Crippen molar-refractivity contribution in [3.8, 4) is 33.8 Å². The lowest BCUT2D eigenvalue weighted by Gasteiger charge is -2.17. The van der Waals surface area contributed by atoms with Crippen LogP contribution in [0.5, 0.6) is 11.5 Å². The highest BCUT2D eigenvalue weighted by molar-refractivity contribution is 7.19. The predicted octanol–water partition coefficient (Wildman–Crippen LogP) is 10.0. The summed E-state index contributed by atoms with van der Waals surface area (Å²) >= 11 is 0.808. The van der Waals surface area contributed by atoms with E-state index in [9.17, 15) is 22.0 Å².